The Labute approximate surface area is 190 Å². The lowest BCUT2D eigenvalue weighted by Crippen LogP contribution is -2.42. The maximum absolute atomic E-state index is 13.4. The van der Waals surface area contributed by atoms with E-state index >= 15 is 0 Å². The van der Waals surface area contributed by atoms with Crippen molar-refractivity contribution in [1.29, 1.82) is 0 Å². The third-order valence-electron chi connectivity index (χ3n) is 6.02. The Morgan fingerprint density at radius 2 is 1.94 bits per heavy atom. The van der Waals surface area contributed by atoms with Gasteiger partial charge in [0.1, 0.15) is 11.8 Å². The van der Waals surface area contributed by atoms with Crippen molar-refractivity contribution >= 4 is 44.1 Å². The molecule has 0 bridgehead atoms. The Morgan fingerprint density at radius 3 is 2.72 bits per heavy atom. The summed E-state index contributed by atoms with van der Waals surface area (Å²) in [6.45, 7) is 3.39. The number of thiophene rings is 1. The van der Waals surface area contributed by atoms with E-state index in [9.17, 15) is 9.59 Å². The van der Waals surface area contributed by atoms with Crippen molar-refractivity contribution in [2.24, 2.45) is 0 Å². The zero-order valence-electron chi connectivity index (χ0n) is 18.3. The number of hydrogen-bond donors (Lipinski definition) is 1. The number of nitrogens with zero attached hydrogens (tertiary/aromatic N) is 2. The van der Waals surface area contributed by atoms with Crippen LogP contribution in [-0.2, 0) is 4.74 Å². The molecule has 0 spiro atoms. The molecule has 1 atom stereocenters. The topological polar surface area (TPSA) is 65.6 Å². The van der Waals surface area contributed by atoms with E-state index in [2.05, 4.69) is 4.98 Å². The van der Waals surface area contributed by atoms with Gasteiger partial charge in [0, 0.05) is 41.8 Å². The van der Waals surface area contributed by atoms with E-state index in [4.69, 9.17) is 4.74 Å². The summed E-state index contributed by atoms with van der Waals surface area (Å²) in [6, 6.07) is 15.9. The van der Waals surface area contributed by atoms with Crippen LogP contribution in [0.3, 0.4) is 0 Å². The lowest BCUT2D eigenvalue weighted by Gasteiger charge is -2.33. The minimum atomic E-state index is -0.353. The monoisotopic (exact) mass is 447 g/mol. The molecule has 2 aromatic carbocycles. The zero-order chi connectivity index (χ0) is 22.4. The standard InChI is InChI=1S/C25H25N3O3S/c1-15-7-6-9-18-17(15)13-19(26-18)24(29)28-11-12-31-20(14-28)22-16-8-4-5-10-21(16)32-23(22)25(30)27(2)3/h4-10,13,20,26H,11-12,14H2,1-3H3. The van der Waals surface area contributed by atoms with Crippen LogP contribution in [-0.4, -0.2) is 60.4 Å². The molecule has 5 rings (SSSR count). The fourth-order valence-corrected chi connectivity index (χ4v) is 5.62. The maximum Gasteiger partial charge on any atom is 0.270 e. The summed E-state index contributed by atoms with van der Waals surface area (Å²) in [5, 5.41) is 2.08. The number of H-pyrrole nitrogens is 1. The van der Waals surface area contributed by atoms with Crippen LogP contribution in [0, 0.1) is 6.92 Å². The summed E-state index contributed by atoms with van der Waals surface area (Å²) < 4.78 is 7.17. The number of aromatic amines is 1. The van der Waals surface area contributed by atoms with Crippen LogP contribution in [0.2, 0.25) is 0 Å². The van der Waals surface area contributed by atoms with Crippen LogP contribution >= 0.6 is 11.3 Å². The molecule has 164 valence electrons. The van der Waals surface area contributed by atoms with Crippen molar-refractivity contribution in [2.75, 3.05) is 33.8 Å². The van der Waals surface area contributed by atoms with Crippen LogP contribution in [0.4, 0.5) is 0 Å². The lowest BCUT2D eigenvalue weighted by molar-refractivity contribution is -0.0224. The molecule has 7 heteroatoms. The fourth-order valence-electron chi connectivity index (χ4n) is 4.35. The number of fused-ring (bicyclic) bond motifs is 2. The third kappa shape index (κ3) is 3.47. The predicted molar refractivity (Wildman–Crippen MR) is 127 cm³/mol. The van der Waals surface area contributed by atoms with Gasteiger partial charge in [0.25, 0.3) is 11.8 Å². The highest BCUT2D eigenvalue weighted by molar-refractivity contribution is 7.21. The molecule has 2 amide bonds. The molecule has 0 aliphatic carbocycles. The van der Waals surface area contributed by atoms with Gasteiger partial charge in [0.05, 0.1) is 18.0 Å². The number of aryl methyl sites for hydroxylation is 1. The Kier molecular flexibility index (Phi) is 5.23. The van der Waals surface area contributed by atoms with E-state index in [0.717, 1.165) is 32.1 Å². The average molecular weight is 448 g/mol. The first-order valence-corrected chi connectivity index (χ1v) is 11.5. The molecule has 1 unspecified atom stereocenters. The molecular formula is C25H25N3O3S. The largest absolute Gasteiger partial charge is 0.370 e. The molecule has 2 aromatic heterocycles. The zero-order valence-corrected chi connectivity index (χ0v) is 19.2. The van der Waals surface area contributed by atoms with Gasteiger partial charge < -0.3 is 19.5 Å². The summed E-state index contributed by atoms with van der Waals surface area (Å²) in [6.07, 6.45) is -0.353. The SMILES string of the molecule is Cc1cccc2[nH]c(C(=O)N3CCOC(c4c(C(=O)N(C)C)sc5ccccc45)C3)cc12. The molecule has 4 aromatic rings. The highest BCUT2D eigenvalue weighted by Gasteiger charge is 2.32. The number of aromatic nitrogens is 1. The first-order chi connectivity index (χ1) is 15.4. The molecule has 0 saturated carbocycles. The molecule has 6 nitrogen and oxygen atoms in total. The van der Waals surface area contributed by atoms with Gasteiger partial charge in [-0.2, -0.15) is 0 Å². The second-order valence-corrected chi connectivity index (χ2v) is 9.42. The second kappa shape index (κ2) is 8.07. The number of amides is 2. The van der Waals surface area contributed by atoms with Gasteiger partial charge in [-0.15, -0.1) is 11.3 Å². The summed E-state index contributed by atoms with van der Waals surface area (Å²) in [5.74, 6) is -0.0896. The molecular weight excluding hydrogens is 422 g/mol. The van der Waals surface area contributed by atoms with Gasteiger partial charge in [0.15, 0.2) is 0 Å². The summed E-state index contributed by atoms with van der Waals surface area (Å²) in [7, 11) is 3.51. The fraction of sp³-hybridized carbons (Fsp3) is 0.280. The summed E-state index contributed by atoms with van der Waals surface area (Å²) in [5.41, 5.74) is 3.55. The maximum atomic E-state index is 13.4. The second-order valence-electron chi connectivity index (χ2n) is 8.37. The average Bonchev–Trinajstić information content (AvgIpc) is 3.41. The van der Waals surface area contributed by atoms with Gasteiger partial charge in [-0.05, 0) is 36.1 Å². The first-order valence-electron chi connectivity index (χ1n) is 10.7. The van der Waals surface area contributed by atoms with E-state index in [1.54, 1.807) is 19.0 Å². The summed E-state index contributed by atoms with van der Waals surface area (Å²) in [4.78, 5) is 33.7. The Hall–Kier alpha value is -3.16. The smallest absolute Gasteiger partial charge is 0.270 e. The molecule has 1 fully saturated rings. The van der Waals surface area contributed by atoms with Gasteiger partial charge >= 0.3 is 0 Å². The van der Waals surface area contributed by atoms with Gasteiger partial charge in [-0.25, -0.2) is 0 Å². The van der Waals surface area contributed by atoms with E-state index in [0.29, 0.717) is 30.3 Å². The molecule has 1 saturated heterocycles. The molecule has 3 heterocycles. The Morgan fingerprint density at radius 1 is 1.12 bits per heavy atom. The number of morpholine rings is 1. The Balaban J connectivity index is 1.49. The first kappa shape index (κ1) is 20.7. The normalized spacial score (nSPS) is 16.6. The molecule has 1 aliphatic heterocycles. The van der Waals surface area contributed by atoms with Gasteiger partial charge in [-0.1, -0.05) is 30.3 Å². The quantitative estimate of drug-likeness (QED) is 0.499. The minimum Gasteiger partial charge on any atom is -0.370 e. The molecule has 0 radical (unpaired) electrons. The highest BCUT2D eigenvalue weighted by Crippen LogP contribution is 2.39. The summed E-state index contributed by atoms with van der Waals surface area (Å²) >= 11 is 1.48. The number of rotatable bonds is 3. The number of nitrogens with one attached hydrogen (secondary N) is 1. The molecule has 1 N–H and O–H groups in total. The predicted octanol–water partition coefficient (Wildman–Crippen LogP) is 4.61. The van der Waals surface area contributed by atoms with Crippen molar-refractivity contribution in [2.45, 2.75) is 13.0 Å². The number of ether oxygens (including phenoxy) is 1. The van der Waals surface area contributed by atoms with E-state index in [1.165, 1.54) is 11.3 Å². The van der Waals surface area contributed by atoms with E-state index < -0.39 is 0 Å². The molecule has 1 aliphatic rings. The number of carbonyl (C=O) groups excluding carboxylic acids is 2. The number of carbonyl (C=O) groups is 2. The van der Waals surface area contributed by atoms with Crippen LogP contribution in [0.15, 0.2) is 48.5 Å². The van der Waals surface area contributed by atoms with Crippen LogP contribution in [0.25, 0.3) is 21.0 Å². The number of benzene rings is 2. The lowest BCUT2D eigenvalue weighted by atomic mass is 10.0. The van der Waals surface area contributed by atoms with Gasteiger partial charge in [0.2, 0.25) is 0 Å². The van der Waals surface area contributed by atoms with Crippen LogP contribution < -0.4 is 0 Å². The number of hydrogen-bond acceptors (Lipinski definition) is 4. The molecule has 32 heavy (non-hydrogen) atoms. The van der Waals surface area contributed by atoms with E-state index in [-0.39, 0.29) is 17.9 Å². The van der Waals surface area contributed by atoms with E-state index in [1.807, 2.05) is 60.4 Å². The third-order valence-corrected chi connectivity index (χ3v) is 7.20. The van der Waals surface area contributed by atoms with Crippen LogP contribution in [0.1, 0.15) is 37.4 Å². The van der Waals surface area contributed by atoms with Crippen molar-refractivity contribution in [3.05, 3.63) is 70.2 Å². The minimum absolute atomic E-state index is 0.0423. The van der Waals surface area contributed by atoms with Crippen molar-refractivity contribution in [1.82, 2.24) is 14.8 Å². The highest BCUT2D eigenvalue weighted by atomic mass is 32.1. The van der Waals surface area contributed by atoms with Crippen molar-refractivity contribution < 1.29 is 14.3 Å². The van der Waals surface area contributed by atoms with Gasteiger partial charge in [-0.3, -0.25) is 9.59 Å². The van der Waals surface area contributed by atoms with Crippen LogP contribution in [0.5, 0.6) is 0 Å². The van der Waals surface area contributed by atoms with Crippen molar-refractivity contribution in [3.63, 3.8) is 0 Å². The van der Waals surface area contributed by atoms with Crippen molar-refractivity contribution in [3.8, 4) is 0 Å². The Bertz CT molecular complexity index is 1340.